The minimum atomic E-state index is -0.718. The summed E-state index contributed by atoms with van der Waals surface area (Å²) in [6.45, 7) is 6.48. The van der Waals surface area contributed by atoms with Crippen molar-refractivity contribution in [1.29, 1.82) is 0 Å². The highest BCUT2D eigenvalue weighted by Gasteiger charge is 2.31. The number of anilines is 1. The zero-order chi connectivity index (χ0) is 24.9. The van der Waals surface area contributed by atoms with E-state index in [1.807, 2.05) is 19.1 Å². The molecule has 1 aromatic heterocycles. The molecule has 190 valence electrons. The van der Waals surface area contributed by atoms with Crippen molar-refractivity contribution in [3.8, 4) is 5.75 Å². The van der Waals surface area contributed by atoms with Gasteiger partial charge in [-0.2, -0.15) is 0 Å². The van der Waals surface area contributed by atoms with Gasteiger partial charge in [-0.25, -0.2) is 4.98 Å². The van der Waals surface area contributed by atoms with Gasteiger partial charge in [0.05, 0.1) is 12.6 Å². The van der Waals surface area contributed by atoms with Gasteiger partial charge in [-0.05, 0) is 63.1 Å². The molecular weight excluding hydrogens is 509 g/mol. The van der Waals surface area contributed by atoms with Crippen LogP contribution in [0.4, 0.5) is 5.82 Å². The zero-order valence-electron chi connectivity index (χ0n) is 19.9. The predicted molar refractivity (Wildman–Crippen MR) is 141 cm³/mol. The summed E-state index contributed by atoms with van der Waals surface area (Å²) in [5.41, 5.74) is 0.844. The van der Waals surface area contributed by atoms with Crippen LogP contribution in [-0.2, 0) is 4.79 Å². The van der Waals surface area contributed by atoms with Gasteiger partial charge in [0.2, 0.25) is 0 Å². The fraction of sp³-hybridized carbons (Fsp3) is 0.538. The number of pyridine rings is 1. The molecule has 2 fully saturated rings. The topological polar surface area (TPSA) is 65.9 Å². The number of ether oxygens (including phenoxy) is 1. The number of aliphatic carboxylic acids is 1. The number of likely N-dealkylation sites (tertiary alicyclic amines) is 1. The molecule has 2 saturated heterocycles. The van der Waals surface area contributed by atoms with E-state index in [4.69, 9.17) is 44.6 Å². The van der Waals surface area contributed by atoms with Crippen molar-refractivity contribution in [2.24, 2.45) is 11.8 Å². The predicted octanol–water partition coefficient (Wildman–Crippen LogP) is 6.58. The van der Waals surface area contributed by atoms with Gasteiger partial charge in [-0.15, -0.1) is 0 Å². The van der Waals surface area contributed by atoms with Crippen LogP contribution in [0, 0.1) is 11.8 Å². The summed E-state index contributed by atoms with van der Waals surface area (Å²) in [6, 6.07) is 7.28. The van der Waals surface area contributed by atoms with E-state index in [-0.39, 0.29) is 12.5 Å². The van der Waals surface area contributed by atoms with Crippen molar-refractivity contribution < 1.29 is 14.6 Å². The van der Waals surface area contributed by atoms with Crippen LogP contribution in [0.25, 0.3) is 0 Å². The summed E-state index contributed by atoms with van der Waals surface area (Å²) >= 11 is 18.8. The van der Waals surface area contributed by atoms with E-state index >= 15 is 0 Å². The van der Waals surface area contributed by atoms with Crippen LogP contribution in [0.15, 0.2) is 30.5 Å². The Morgan fingerprint density at radius 1 is 1.11 bits per heavy atom. The van der Waals surface area contributed by atoms with Crippen molar-refractivity contribution in [3.05, 3.63) is 51.1 Å². The first-order valence-corrected chi connectivity index (χ1v) is 13.4. The minimum Gasteiger partial charge on any atom is -0.484 e. The molecule has 2 aliphatic heterocycles. The Morgan fingerprint density at radius 2 is 1.89 bits per heavy atom. The number of halogens is 3. The van der Waals surface area contributed by atoms with Crippen molar-refractivity contribution in [2.45, 2.75) is 45.1 Å². The van der Waals surface area contributed by atoms with E-state index in [9.17, 15) is 4.79 Å². The van der Waals surface area contributed by atoms with Crippen molar-refractivity contribution in [3.63, 3.8) is 0 Å². The number of hydrogen-bond donors (Lipinski definition) is 1. The molecule has 2 aromatic rings. The van der Waals surface area contributed by atoms with Gasteiger partial charge in [-0.1, -0.05) is 40.9 Å². The highest BCUT2D eigenvalue weighted by molar-refractivity contribution is 6.35. The van der Waals surface area contributed by atoms with Crippen LogP contribution in [-0.4, -0.2) is 53.7 Å². The third-order valence-electron chi connectivity index (χ3n) is 7.22. The molecule has 0 aliphatic carbocycles. The summed E-state index contributed by atoms with van der Waals surface area (Å²) in [5.74, 6) is 2.03. The third kappa shape index (κ3) is 6.94. The van der Waals surface area contributed by atoms with E-state index < -0.39 is 5.97 Å². The number of piperidine rings is 2. The van der Waals surface area contributed by atoms with Gasteiger partial charge < -0.3 is 19.6 Å². The minimum absolute atomic E-state index is 0.223. The molecule has 0 spiro atoms. The second kappa shape index (κ2) is 12.0. The molecule has 1 unspecified atom stereocenters. The van der Waals surface area contributed by atoms with Crippen LogP contribution >= 0.6 is 34.8 Å². The maximum absolute atomic E-state index is 10.9. The fourth-order valence-corrected chi connectivity index (χ4v) is 6.00. The molecule has 35 heavy (non-hydrogen) atoms. The largest absolute Gasteiger partial charge is 0.484 e. The monoisotopic (exact) mass is 539 g/mol. The number of aromatic nitrogens is 1. The molecule has 0 saturated carbocycles. The third-order valence-corrected chi connectivity index (χ3v) is 8.07. The Bertz CT molecular complexity index is 1030. The second-order valence-electron chi connectivity index (χ2n) is 9.57. The standard InChI is InChI=1S/C26H32Cl3N3O3/c1-17(21-5-4-20(27)13-22(21)28)35-24-14-25(30-15-23(24)29)32-11-6-18(7-12-32)19-3-2-9-31(16-19)10-8-26(33)34/h4-5,13-15,17-19H,2-3,6-12,16H2,1H3,(H,33,34)/t17-,19?/m1/s1. The van der Waals surface area contributed by atoms with Crippen LogP contribution in [0.3, 0.4) is 0 Å². The smallest absolute Gasteiger partial charge is 0.304 e. The van der Waals surface area contributed by atoms with E-state index in [1.54, 1.807) is 18.3 Å². The fourth-order valence-electron chi connectivity index (χ4n) is 5.29. The van der Waals surface area contributed by atoms with Gasteiger partial charge in [0.1, 0.15) is 22.7 Å². The average Bonchev–Trinajstić information content (AvgIpc) is 2.84. The van der Waals surface area contributed by atoms with Crippen molar-refractivity contribution in [1.82, 2.24) is 9.88 Å². The summed E-state index contributed by atoms with van der Waals surface area (Å²) in [4.78, 5) is 20.1. The van der Waals surface area contributed by atoms with Crippen molar-refractivity contribution >= 4 is 46.6 Å². The first-order chi connectivity index (χ1) is 16.8. The Morgan fingerprint density at radius 3 is 2.60 bits per heavy atom. The molecule has 1 N–H and O–H groups in total. The number of nitrogens with zero attached hydrogens (tertiary/aromatic N) is 3. The molecule has 9 heteroatoms. The van der Waals surface area contributed by atoms with E-state index in [1.165, 1.54) is 6.42 Å². The van der Waals surface area contributed by atoms with Crippen LogP contribution in [0.2, 0.25) is 15.1 Å². The Balaban J connectivity index is 1.35. The maximum atomic E-state index is 10.9. The van der Waals surface area contributed by atoms with E-state index in [0.717, 1.165) is 56.8 Å². The lowest BCUT2D eigenvalue weighted by Crippen LogP contribution is -2.43. The van der Waals surface area contributed by atoms with Crippen LogP contribution in [0.5, 0.6) is 5.75 Å². The van der Waals surface area contributed by atoms with Gasteiger partial charge in [-0.3, -0.25) is 4.79 Å². The summed E-state index contributed by atoms with van der Waals surface area (Å²) < 4.78 is 6.18. The molecule has 0 bridgehead atoms. The highest BCUT2D eigenvalue weighted by atomic mass is 35.5. The normalized spacial score (nSPS) is 20.6. The van der Waals surface area contributed by atoms with Gasteiger partial charge in [0.25, 0.3) is 0 Å². The van der Waals surface area contributed by atoms with Crippen molar-refractivity contribution in [2.75, 3.05) is 37.6 Å². The number of rotatable bonds is 8. The van der Waals surface area contributed by atoms with Gasteiger partial charge in [0, 0.05) is 47.9 Å². The van der Waals surface area contributed by atoms with E-state index in [0.29, 0.717) is 39.2 Å². The molecule has 2 aliphatic rings. The average molecular weight is 541 g/mol. The highest BCUT2D eigenvalue weighted by Crippen LogP contribution is 2.36. The Hall–Kier alpha value is -1.73. The molecule has 0 radical (unpaired) electrons. The zero-order valence-corrected chi connectivity index (χ0v) is 22.2. The first-order valence-electron chi connectivity index (χ1n) is 12.3. The molecule has 1 aromatic carbocycles. The van der Waals surface area contributed by atoms with Crippen LogP contribution in [0.1, 0.15) is 50.7 Å². The molecule has 0 amide bonds. The number of hydrogen-bond acceptors (Lipinski definition) is 5. The van der Waals surface area contributed by atoms with Gasteiger partial charge >= 0.3 is 5.97 Å². The first kappa shape index (κ1) is 26.3. The van der Waals surface area contributed by atoms with Gasteiger partial charge in [0.15, 0.2) is 0 Å². The molecule has 2 atom stereocenters. The summed E-state index contributed by atoms with van der Waals surface area (Å²) in [5, 5.41) is 10.6. The lowest BCUT2D eigenvalue weighted by molar-refractivity contribution is -0.137. The van der Waals surface area contributed by atoms with Crippen LogP contribution < -0.4 is 9.64 Å². The Kier molecular flexibility index (Phi) is 9.03. The second-order valence-corrected chi connectivity index (χ2v) is 10.8. The molecule has 6 nitrogen and oxygen atoms in total. The lowest BCUT2D eigenvalue weighted by Gasteiger charge is -2.41. The molecule has 4 rings (SSSR count). The summed E-state index contributed by atoms with van der Waals surface area (Å²) in [6.07, 6.45) is 6.17. The number of carbonyl (C=O) groups is 1. The molecule has 3 heterocycles. The number of benzene rings is 1. The van der Waals surface area contributed by atoms with E-state index in [2.05, 4.69) is 14.8 Å². The number of carboxylic acid groups (broad SMARTS) is 1. The quantitative estimate of drug-likeness (QED) is 0.408. The molecular formula is C26H32Cl3N3O3. The Labute approximate surface area is 222 Å². The number of carboxylic acids is 1. The maximum Gasteiger partial charge on any atom is 0.304 e. The summed E-state index contributed by atoms with van der Waals surface area (Å²) in [7, 11) is 0. The lowest BCUT2D eigenvalue weighted by atomic mass is 9.79. The SMILES string of the molecule is C[C@@H](Oc1cc(N2CCC(C3CCCN(CCC(=O)O)C3)CC2)ncc1Cl)c1ccc(Cl)cc1Cl.